The monoisotopic (exact) mass is 365 g/mol. The molecule has 2 heterocycles. The number of amides is 1. The average molecular weight is 365 g/mol. The van der Waals surface area contributed by atoms with Crippen LogP contribution in [-0.2, 0) is 4.79 Å². The normalized spacial score (nSPS) is 17.6. The van der Waals surface area contributed by atoms with Crippen LogP contribution in [-0.4, -0.2) is 35.0 Å². The molecule has 6 nitrogen and oxygen atoms in total. The summed E-state index contributed by atoms with van der Waals surface area (Å²) in [5.41, 5.74) is 0.872. The van der Waals surface area contributed by atoms with Crippen molar-refractivity contribution in [3.8, 4) is 0 Å². The number of nitrogens with zero attached hydrogens (tertiary/aromatic N) is 3. The van der Waals surface area contributed by atoms with E-state index in [1.165, 1.54) is 12.8 Å². The van der Waals surface area contributed by atoms with E-state index in [1.807, 2.05) is 30.3 Å². The van der Waals surface area contributed by atoms with E-state index in [4.69, 9.17) is 0 Å². The number of carbonyl (C=O) groups excluding carboxylic acids is 1. The third-order valence-electron chi connectivity index (χ3n) is 5.36. The van der Waals surface area contributed by atoms with Crippen LogP contribution in [0.25, 0.3) is 0 Å². The summed E-state index contributed by atoms with van der Waals surface area (Å²) in [6.07, 6.45) is 7.88. The smallest absolute Gasteiger partial charge is 0.224 e. The van der Waals surface area contributed by atoms with Gasteiger partial charge in [0.1, 0.15) is 18.0 Å². The van der Waals surface area contributed by atoms with Crippen LogP contribution in [0.5, 0.6) is 0 Å². The zero-order valence-corrected chi connectivity index (χ0v) is 15.6. The molecule has 0 unspecified atom stereocenters. The maximum Gasteiger partial charge on any atom is 0.224 e. The summed E-state index contributed by atoms with van der Waals surface area (Å²) in [7, 11) is 0. The van der Waals surface area contributed by atoms with Crippen LogP contribution < -0.4 is 15.5 Å². The Morgan fingerprint density at radius 2 is 1.85 bits per heavy atom. The number of hydrogen-bond acceptors (Lipinski definition) is 5. The molecule has 2 fully saturated rings. The number of aromatic nitrogens is 2. The highest BCUT2D eigenvalue weighted by Gasteiger charge is 2.23. The molecule has 2 N–H and O–H groups in total. The number of rotatable bonds is 7. The number of carbonyl (C=O) groups is 1. The van der Waals surface area contributed by atoms with Gasteiger partial charge in [-0.05, 0) is 50.2 Å². The molecule has 142 valence electrons. The third kappa shape index (κ3) is 5.18. The standard InChI is InChI=1S/C21H27N5O/c27-21(25-17-4-2-1-3-5-17)9-6-16-10-12-26(13-11-16)20-14-19(22-15-23-20)24-18-7-8-18/h1-5,14-16,18H,6-13H2,(H,25,27)(H,22,23,24). The molecule has 1 aromatic carbocycles. The molecule has 27 heavy (non-hydrogen) atoms. The van der Waals surface area contributed by atoms with E-state index in [9.17, 15) is 4.79 Å². The van der Waals surface area contributed by atoms with E-state index >= 15 is 0 Å². The Morgan fingerprint density at radius 3 is 2.59 bits per heavy atom. The number of piperidine rings is 1. The molecule has 0 spiro atoms. The van der Waals surface area contributed by atoms with E-state index in [-0.39, 0.29) is 5.91 Å². The predicted molar refractivity (Wildman–Crippen MR) is 108 cm³/mol. The molecule has 1 amide bonds. The molecule has 0 radical (unpaired) electrons. The zero-order chi connectivity index (χ0) is 18.5. The number of para-hydroxylation sites is 1. The molecule has 0 atom stereocenters. The molecule has 1 aliphatic heterocycles. The van der Waals surface area contributed by atoms with Crippen LogP contribution >= 0.6 is 0 Å². The summed E-state index contributed by atoms with van der Waals surface area (Å²) in [4.78, 5) is 23.2. The SMILES string of the molecule is O=C(CCC1CCN(c2cc(NC3CC3)ncn2)CC1)Nc1ccccc1. The first-order valence-corrected chi connectivity index (χ1v) is 9.95. The number of nitrogens with one attached hydrogen (secondary N) is 2. The summed E-state index contributed by atoms with van der Waals surface area (Å²) >= 11 is 0. The molecular weight excluding hydrogens is 338 g/mol. The van der Waals surface area contributed by atoms with E-state index < -0.39 is 0 Å². The van der Waals surface area contributed by atoms with Crippen molar-refractivity contribution in [1.29, 1.82) is 0 Å². The Labute approximate surface area is 160 Å². The first-order chi connectivity index (χ1) is 13.3. The van der Waals surface area contributed by atoms with E-state index in [0.717, 1.165) is 49.7 Å². The lowest BCUT2D eigenvalue weighted by Gasteiger charge is -2.32. The van der Waals surface area contributed by atoms with Gasteiger partial charge in [0.2, 0.25) is 5.91 Å². The molecule has 4 rings (SSSR count). The summed E-state index contributed by atoms with van der Waals surface area (Å²) < 4.78 is 0. The molecule has 2 aliphatic rings. The second kappa shape index (κ2) is 8.37. The van der Waals surface area contributed by atoms with Crippen molar-refractivity contribution in [3.05, 3.63) is 42.7 Å². The highest BCUT2D eigenvalue weighted by Crippen LogP contribution is 2.28. The highest BCUT2D eigenvalue weighted by molar-refractivity contribution is 5.90. The molecule has 0 bridgehead atoms. The fraction of sp³-hybridized carbons (Fsp3) is 0.476. The van der Waals surface area contributed by atoms with Crippen molar-refractivity contribution >= 4 is 23.2 Å². The van der Waals surface area contributed by atoms with Gasteiger partial charge in [-0.25, -0.2) is 9.97 Å². The maximum absolute atomic E-state index is 12.1. The minimum Gasteiger partial charge on any atom is -0.367 e. The van der Waals surface area contributed by atoms with Crippen LogP contribution in [0.3, 0.4) is 0 Å². The van der Waals surface area contributed by atoms with Gasteiger partial charge in [-0.2, -0.15) is 0 Å². The Bertz CT molecular complexity index is 754. The Hall–Kier alpha value is -2.63. The Morgan fingerprint density at radius 1 is 1.07 bits per heavy atom. The van der Waals surface area contributed by atoms with Gasteiger partial charge in [0.05, 0.1) is 0 Å². The van der Waals surface area contributed by atoms with Crippen LogP contribution in [0.4, 0.5) is 17.3 Å². The van der Waals surface area contributed by atoms with Crippen LogP contribution in [0.1, 0.15) is 38.5 Å². The van der Waals surface area contributed by atoms with E-state index in [1.54, 1.807) is 6.33 Å². The molecule has 1 saturated carbocycles. The maximum atomic E-state index is 12.1. The van der Waals surface area contributed by atoms with Gasteiger partial charge in [0.15, 0.2) is 0 Å². The molecular formula is C21H27N5O. The van der Waals surface area contributed by atoms with Crippen molar-refractivity contribution < 1.29 is 4.79 Å². The summed E-state index contributed by atoms with van der Waals surface area (Å²) in [5, 5.41) is 6.40. The lowest BCUT2D eigenvalue weighted by molar-refractivity contribution is -0.116. The predicted octanol–water partition coefficient (Wildman–Crippen LogP) is 3.69. The first-order valence-electron chi connectivity index (χ1n) is 9.95. The van der Waals surface area contributed by atoms with Gasteiger partial charge >= 0.3 is 0 Å². The molecule has 1 aliphatic carbocycles. The van der Waals surface area contributed by atoms with Crippen LogP contribution in [0.2, 0.25) is 0 Å². The van der Waals surface area contributed by atoms with Gasteiger partial charge in [0, 0.05) is 37.3 Å². The number of anilines is 3. The van der Waals surface area contributed by atoms with Gasteiger partial charge in [-0.1, -0.05) is 18.2 Å². The molecule has 6 heteroatoms. The van der Waals surface area contributed by atoms with E-state index in [0.29, 0.717) is 18.4 Å². The minimum absolute atomic E-state index is 0.107. The molecule has 1 aromatic heterocycles. The van der Waals surface area contributed by atoms with Crippen molar-refractivity contribution in [2.24, 2.45) is 5.92 Å². The topological polar surface area (TPSA) is 70.2 Å². The van der Waals surface area contributed by atoms with Crippen molar-refractivity contribution in [2.75, 3.05) is 28.6 Å². The largest absolute Gasteiger partial charge is 0.367 e. The fourth-order valence-electron chi connectivity index (χ4n) is 3.57. The minimum atomic E-state index is 0.107. The highest BCUT2D eigenvalue weighted by atomic mass is 16.1. The summed E-state index contributed by atoms with van der Waals surface area (Å²) in [6, 6.07) is 12.3. The fourth-order valence-corrected chi connectivity index (χ4v) is 3.57. The average Bonchev–Trinajstić information content (AvgIpc) is 3.52. The van der Waals surface area contributed by atoms with E-state index in [2.05, 4.69) is 31.6 Å². The zero-order valence-electron chi connectivity index (χ0n) is 15.6. The Balaban J connectivity index is 1.21. The second-order valence-corrected chi connectivity index (χ2v) is 7.56. The second-order valence-electron chi connectivity index (χ2n) is 7.56. The van der Waals surface area contributed by atoms with Crippen molar-refractivity contribution in [1.82, 2.24) is 9.97 Å². The van der Waals surface area contributed by atoms with Gasteiger partial charge in [-0.3, -0.25) is 4.79 Å². The van der Waals surface area contributed by atoms with Crippen LogP contribution in [0, 0.1) is 5.92 Å². The van der Waals surface area contributed by atoms with Gasteiger partial charge in [0.25, 0.3) is 0 Å². The summed E-state index contributed by atoms with van der Waals surface area (Å²) in [5.74, 6) is 2.65. The van der Waals surface area contributed by atoms with Crippen molar-refractivity contribution in [2.45, 2.75) is 44.6 Å². The molecule has 1 saturated heterocycles. The van der Waals surface area contributed by atoms with Crippen LogP contribution in [0.15, 0.2) is 42.7 Å². The van der Waals surface area contributed by atoms with Crippen molar-refractivity contribution in [3.63, 3.8) is 0 Å². The lowest BCUT2D eigenvalue weighted by Crippen LogP contribution is -2.34. The van der Waals surface area contributed by atoms with Gasteiger partial charge in [-0.15, -0.1) is 0 Å². The number of hydrogen-bond donors (Lipinski definition) is 2. The lowest BCUT2D eigenvalue weighted by atomic mass is 9.92. The first kappa shape index (κ1) is 17.8. The Kier molecular flexibility index (Phi) is 5.51. The van der Waals surface area contributed by atoms with Gasteiger partial charge < -0.3 is 15.5 Å². The summed E-state index contributed by atoms with van der Waals surface area (Å²) in [6.45, 7) is 1.98. The molecule has 2 aromatic rings. The number of benzene rings is 1. The third-order valence-corrected chi connectivity index (χ3v) is 5.36. The quantitative estimate of drug-likeness (QED) is 0.783.